The summed E-state index contributed by atoms with van der Waals surface area (Å²) in [4.78, 5) is 47.6. The lowest BCUT2D eigenvalue weighted by Crippen LogP contribution is -2.39. The maximum Gasteiger partial charge on any atom is 0.254 e. The molecule has 0 unspecified atom stereocenters. The highest BCUT2D eigenvalue weighted by Gasteiger charge is 2.25. The molecular formula is C16H18N4O3. The zero-order chi connectivity index (χ0) is 16.6. The van der Waals surface area contributed by atoms with Crippen LogP contribution in [0, 0.1) is 6.92 Å². The molecule has 120 valence electrons. The van der Waals surface area contributed by atoms with Crippen LogP contribution in [0.15, 0.2) is 21.7 Å². The monoisotopic (exact) mass is 314 g/mol. The van der Waals surface area contributed by atoms with Gasteiger partial charge in [0.25, 0.3) is 11.5 Å². The number of carbonyl (C=O) groups excluding carboxylic acids is 1. The number of fused-ring (bicyclic) bond motifs is 1. The first-order chi connectivity index (χ1) is 11.0. The summed E-state index contributed by atoms with van der Waals surface area (Å²) in [5.74, 6) is 0.323. The Morgan fingerprint density at radius 2 is 2.09 bits per heavy atom. The second-order valence-electron chi connectivity index (χ2n) is 5.67. The number of pyridine rings is 1. The highest BCUT2D eigenvalue weighted by Crippen LogP contribution is 2.16. The Morgan fingerprint density at radius 3 is 2.83 bits per heavy atom. The second kappa shape index (κ2) is 5.83. The van der Waals surface area contributed by atoms with E-state index >= 15 is 0 Å². The third kappa shape index (κ3) is 2.94. The molecule has 0 fully saturated rings. The third-order valence-corrected chi connectivity index (χ3v) is 4.01. The van der Waals surface area contributed by atoms with Crippen LogP contribution in [0.3, 0.4) is 0 Å². The van der Waals surface area contributed by atoms with Crippen molar-refractivity contribution in [1.29, 1.82) is 0 Å². The molecule has 1 amide bonds. The van der Waals surface area contributed by atoms with E-state index in [0.29, 0.717) is 42.0 Å². The van der Waals surface area contributed by atoms with E-state index in [-0.39, 0.29) is 23.6 Å². The molecule has 1 aliphatic rings. The predicted octanol–water partition coefficient (Wildman–Crippen LogP) is 0.528. The van der Waals surface area contributed by atoms with E-state index in [1.165, 1.54) is 6.07 Å². The number of carbonyl (C=O) groups is 1. The number of aromatic amines is 2. The molecule has 0 atom stereocenters. The van der Waals surface area contributed by atoms with Gasteiger partial charge in [-0.15, -0.1) is 0 Å². The van der Waals surface area contributed by atoms with Gasteiger partial charge in [0.15, 0.2) is 0 Å². The van der Waals surface area contributed by atoms with Crippen LogP contribution in [-0.2, 0) is 19.4 Å². The van der Waals surface area contributed by atoms with Crippen molar-refractivity contribution in [2.45, 2.75) is 33.2 Å². The van der Waals surface area contributed by atoms with Crippen LogP contribution in [0.25, 0.3) is 0 Å². The lowest BCUT2D eigenvalue weighted by atomic mass is 10.1. The number of nitrogens with one attached hydrogen (secondary N) is 2. The van der Waals surface area contributed by atoms with Gasteiger partial charge < -0.3 is 14.9 Å². The minimum absolute atomic E-state index is 0.135. The van der Waals surface area contributed by atoms with Gasteiger partial charge in [0.2, 0.25) is 5.56 Å². The molecule has 0 bridgehead atoms. The third-order valence-electron chi connectivity index (χ3n) is 4.01. The Labute approximate surface area is 132 Å². The van der Waals surface area contributed by atoms with Crippen molar-refractivity contribution < 1.29 is 4.79 Å². The zero-order valence-electron chi connectivity index (χ0n) is 13.1. The van der Waals surface area contributed by atoms with Crippen molar-refractivity contribution in [3.63, 3.8) is 0 Å². The second-order valence-corrected chi connectivity index (χ2v) is 5.67. The maximum atomic E-state index is 12.7. The van der Waals surface area contributed by atoms with Crippen LogP contribution < -0.4 is 11.1 Å². The lowest BCUT2D eigenvalue weighted by molar-refractivity contribution is 0.0730. The largest absolute Gasteiger partial charge is 0.332 e. The average Bonchev–Trinajstić information content (AvgIpc) is 2.52. The molecule has 3 rings (SSSR count). The fourth-order valence-electron chi connectivity index (χ4n) is 2.83. The molecule has 2 aromatic heterocycles. The molecule has 2 N–H and O–H groups in total. The van der Waals surface area contributed by atoms with Gasteiger partial charge in [-0.3, -0.25) is 14.4 Å². The summed E-state index contributed by atoms with van der Waals surface area (Å²) < 4.78 is 0. The topological polar surface area (TPSA) is 98.9 Å². The van der Waals surface area contributed by atoms with Gasteiger partial charge in [-0.05, 0) is 25.8 Å². The van der Waals surface area contributed by atoms with Crippen molar-refractivity contribution in [2.24, 2.45) is 0 Å². The molecule has 7 nitrogen and oxygen atoms in total. The minimum Gasteiger partial charge on any atom is -0.332 e. The van der Waals surface area contributed by atoms with Gasteiger partial charge in [-0.25, -0.2) is 4.98 Å². The number of rotatable bonds is 2. The van der Waals surface area contributed by atoms with Crippen LogP contribution in [0.4, 0.5) is 0 Å². The molecule has 0 spiro atoms. The van der Waals surface area contributed by atoms with Crippen LogP contribution in [0.5, 0.6) is 0 Å². The Kier molecular flexibility index (Phi) is 3.85. The number of aryl methyl sites for hydroxylation is 2. The van der Waals surface area contributed by atoms with E-state index in [2.05, 4.69) is 15.0 Å². The highest BCUT2D eigenvalue weighted by molar-refractivity contribution is 5.94. The van der Waals surface area contributed by atoms with E-state index < -0.39 is 0 Å². The summed E-state index contributed by atoms with van der Waals surface area (Å²) in [5, 5.41) is 0. The van der Waals surface area contributed by atoms with Crippen LogP contribution in [0.1, 0.15) is 40.1 Å². The standard InChI is InChI=1S/C16H18N4O3/c1-3-11-6-10(7-14(21)19-11)16(23)20-5-4-12-13(8-20)17-9(2)18-15(12)22/h6-7H,3-5,8H2,1-2H3,(H,19,21)(H,17,18,22). The first kappa shape index (κ1) is 15.2. The van der Waals surface area contributed by atoms with Crippen molar-refractivity contribution in [3.05, 3.63) is 61.2 Å². The Bertz CT molecular complexity index is 882. The van der Waals surface area contributed by atoms with Gasteiger partial charge in [-0.1, -0.05) is 6.92 Å². The Morgan fingerprint density at radius 1 is 1.30 bits per heavy atom. The zero-order valence-corrected chi connectivity index (χ0v) is 13.1. The van der Waals surface area contributed by atoms with Gasteiger partial charge in [0.1, 0.15) is 5.82 Å². The lowest BCUT2D eigenvalue weighted by Gasteiger charge is -2.27. The molecule has 3 heterocycles. The molecule has 7 heteroatoms. The summed E-state index contributed by atoms with van der Waals surface area (Å²) in [6.45, 7) is 4.35. The van der Waals surface area contributed by atoms with E-state index in [4.69, 9.17) is 0 Å². The number of H-pyrrole nitrogens is 2. The van der Waals surface area contributed by atoms with Gasteiger partial charge in [0, 0.05) is 29.4 Å². The van der Waals surface area contributed by atoms with Gasteiger partial charge in [0.05, 0.1) is 12.2 Å². The summed E-state index contributed by atoms with van der Waals surface area (Å²) in [6.07, 6.45) is 1.11. The number of aromatic nitrogens is 3. The quantitative estimate of drug-likeness (QED) is 0.844. The first-order valence-corrected chi connectivity index (χ1v) is 7.59. The van der Waals surface area contributed by atoms with Crippen molar-refractivity contribution in [2.75, 3.05) is 6.54 Å². The normalized spacial score (nSPS) is 13.7. The minimum atomic E-state index is -0.282. The molecule has 0 saturated carbocycles. The smallest absolute Gasteiger partial charge is 0.254 e. The molecule has 0 saturated heterocycles. The Hall–Kier alpha value is -2.70. The number of nitrogens with zero attached hydrogens (tertiary/aromatic N) is 2. The van der Waals surface area contributed by atoms with Crippen LogP contribution in [-0.4, -0.2) is 32.3 Å². The summed E-state index contributed by atoms with van der Waals surface area (Å²) in [7, 11) is 0. The van der Waals surface area contributed by atoms with Gasteiger partial charge in [-0.2, -0.15) is 0 Å². The Balaban J connectivity index is 1.91. The number of hydrogen-bond acceptors (Lipinski definition) is 4. The molecule has 2 aromatic rings. The van der Waals surface area contributed by atoms with Crippen molar-refractivity contribution in [3.8, 4) is 0 Å². The van der Waals surface area contributed by atoms with Crippen molar-refractivity contribution >= 4 is 5.91 Å². The number of amides is 1. The number of hydrogen-bond donors (Lipinski definition) is 2. The molecule has 23 heavy (non-hydrogen) atoms. The summed E-state index contributed by atoms with van der Waals surface area (Å²) in [6, 6.07) is 3.02. The molecule has 0 aliphatic carbocycles. The van der Waals surface area contributed by atoms with E-state index in [1.54, 1.807) is 17.9 Å². The highest BCUT2D eigenvalue weighted by atomic mass is 16.2. The SMILES string of the molecule is CCc1cc(C(=O)N2CCc3c(nc(C)[nH]c3=O)C2)cc(=O)[nH]1. The van der Waals surface area contributed by atoms with E-state index in [0.717, 1.165) is 5.69 Å². The van der Waals surface area contributed by atoms with Crippen molar-refractivity contribution in [1.82, 2.24) is 19.9 Å². The maximum absolute atomic E-state index is 12.7. The molecule has 1 aliphatic heterocycles. The fourth-order valence-corrected chi connectivity index (χ4v) is 2.83. The van der Waals surface area contributed by atoms with Crippen LogP contribution >= 0.6 is 0 Å². The molecule has 0 aromatic carbocycles. The van der Waals surface area contributed by atoms with Crippen LogP contribution in [0.2, 0.25) is 0 Å². The molecule has 0 radical (unpaired) electrons. The average molecular weight is 314 g/mol. The van der Waals surface area contributed by atoms with E-state index in [1.807, 2.05) is 6.92 Å². The first-order valence-electron chi connectivity index (χ1n) is 7.59. The predicted molar refractivity (Wildman–Crippen MR) is 84.5 cm³/mol. The van der Waals surface area contributed by atoms with E-state index in [9.17, 15) is 14.4 Å². The van der Waals surface area contributed by atoms with Gasteiger partial charge >= 0.3 is 0 Å². The summed E-state index contributed by atoms with van der Waals surface area (Å²) >= 11 is 0. The summed E-state index contributed by atoms with van der Waals surface area (Å²) in [5.41, 5.74) is 1.95. The molecular weight excluding hydrogens is 296 g/mol. The fraction of sp³-hybridized carbons (Fsp3) is 0.375.